The van der Waals surface area contributed by atoms with E-state index >= 15 is 0 Å². The molecule has 0 spiro atoms. The van der Waals surface area contributed by atoms with Crippen molar-refractivity contribution in [2.24, 2.45) is 0 Å². The summed E-state index contributed by atoms with van der Waals surface area (Å²) in [6.07, 6.45) is 1.92. The molecule has 2 aromatic carbocycles. The van der Waals surface area contributed by atoms with E-state index < -0.39 is 0 Å². The SMILES string of the molecule is Cc1cccc(-n2cnc(-c3ccccc3)c2C)c1C. The number of aromatic nitrogens is 2. The molecule has 20 heavy (non-hydrogen) atoms. The normalized spacial score (nSPS) is 10.8. The zero-order valence-corrected chi connectivity index (χ0v) is 12.1. The van der Waals surface area contributed by atoms with Crippen molar-refractivity contribution in [3.8, 4) is 16.9 Å². The van der Waals surface area contributed by atoms with E-state index in [9.17, 15) is 0 Å². The lowest BCUT2D eigenvalue weighted by molar-refractivity contribution is 0.987. The van der Waals surface area contributed by atoms with Crippen LogP contribution >= 0.6 is 0 Å². The van der Waals surface area contributed by atoms with Crippen molar-refractivity contribution in [2.75, 3.05) is 0 Å². The van der Waals surface area contributed by atoms with Gasteiger partial charge in [-0.15, -0.1) is 0 Å². The van der Waals surface area contributed by atoms with Gasteiger partial charge in [0.1, 0.15) is 6.33 Å². The number of rotatable bonds is 2. The van der Waals surface area contributed by atoms with Gasteiger partial charge in [0.2, 0.25) is 0 Å². The minimum absolute atomic E-state index is 1.05. The Bertz CT molecular complexity index is 739. The Hall–Kier alpha value is -2.35. The van der Waals surface area contributed by atoms with Crippen molar-refractivity contribution in [3.63, 3.8) is 0 Å². The molecule has 0 bridgehead atoms. The van der Waals surface area contributed by atoms with Crippen LogP contribution in [0.25, 0.3) is 16.9 Å². The molecule has 1 aromatic heterocycles. The fourth-order valence-electron chi connectivity index (χ4n) is 2.53. The number of imidazole rings is 1. The Kier molecular flexibility index (Phi) is 3.15. The van der Waals surface area contributed by atoms with Crippen molar-refractivity contribution in [1.82, 2.24) is 9.55 Å². The van der Waals surface area contributed by atoms with E-state index in [4.69, 9.17) is 0 Å². The molecule has 3 rings (SSSR count). The summed E-state index contributed by atoms with van der Waals surface area (Å²) < 4.78 is 2.17. The van der Waals surface area contributed by atoms with Gasteiger partial charge in [0, 0.05) is 16.9 Å². The van der Waals surface area contributed by atoms with Crippen molar-refractivity contribution < 1.29 is 0 Å². The summed E-state index contributed by atoms with van der Waals surface area (Å²) in [5, 5.41) is 0. The molecule has 0 atom stereocenters. The lowest BCUT2D eigenvalue weighted by Crippen LogP contribution is -1.99. The van der Waals surface area contributed by atoms with Crippen LogP contribution in [0, 0.1) is 20.8 Å². The molecular weight excluding hydrogens is 244 g/mol. The second-order valence-electron chi connectivity index (χ2n) is 5.13. The van der Waals surface area contributed by atoms with Crippen molar-refractivity contribution in [2.45, 2.75) is 20.8 Å². The molecule has 0 saturated carbocycles. The lowest BCUT2D eigenvalue weighted by atomic mass is 10.1. The zero-order valence-electron chi connectivity index (χ0n) is 12.1. The van der Waals surface area contributed by atoms with E-state index in [-0.39, 0.29) is 0 Å². The van der Waals surface area contributed by atoms with Gasteiger partial charge in [-0.25, -0.2) is 4.98 Å². The summed E-state index contributed by atoms with van der Waals surface area (Å²) >= 11 is 0. The third kappa shape index (κ3) is 2.03. The van der Waals surface area contributed by atoms with Gasteiger partial charge in [-0.2, -0.15) is 0 Å². The maximum Gasteiger partial charge on any atom is 0.100 e. The first kappa shape index (κ1) is 12.7. The third-order valence-electron chi connectivity index (χ3n) is 3.89. The smallest absolute Gasteiger partial charge is 0.100 e. The summed E-state index contributed by atoms with van der Waals surface area (Å²) in [7, 11) is 0. The molecule has 0 N–H and O–H groups in total. The number of hydrogen-bond acceptors (Lipinski definition) is 1. The summed E-state index contributed by atoms with van der Waals surface area (Å²) in [5.41, 5.74) is 7.19. The second-order valence-corrected chi connectivity index (χ2v) is 5.13. The van der Waals surface area contributed by atoms with Gasteiger partial charge in [-0.3, -0.25) is 0 Å². The molecule has 100 valence electrons. The Labute approximate surface area is 119 Å². The molecular formula is C18H18N2. The van der Waals surface area contributed by atoms with E-state index in [1.807, 2.05) is 24.5 Å². The van der Waals surface area contributed by atoms with Crippen LogP contribution in [0.2, 0.25) is 0 Å². The fourth-order valence-corrected chi connectivity index (χ4v) is 2.53. The maximum absolute atomic E-state index is 4.60. The van der Waals surface area contributed by atoms with Gasteiger partial charge in [0.15, 0.2) is 0 Å². The predicted octanol–water partition coefficient (Wildman–Crippen LogP) is 4.46. The number of hydrogen-bond donors (Lipinski definition) is 0. The van der Waals surface area contributed by atoms with Gasteiger partial charge in [-0.1, -0.05) is 42.5 Å². The molecule has 2 nitrogen and oxygen atoms in total. The first-order chi connectivity index (χ1) is 9.68. The Morgan fingerprint density at radius 2 is 1.60 bits per heavy atom. The van der Waals surface area contributed by atoms with Crippen molar-refractivity contribution in [1.29, 1.82) is 0 Å². The minimum atomic E-state index is 1.05. The van der Waals surface area contributed by atoms with E-state index in [1.54, 1.807) is 0 Å². The Balaban J connectivity index is 2.14. The Morgan fingerprint density at radius 1 is 0.850 bits per heavy atom. The summed E-state index contributed by atoms with van der Waals surface area (Å²) in [4.78, 5) is 4.60. The molecule has 0 aliphatic carbocycles. The van der Waals surface area contributed by atoms with Crippen LogP contribution in [0.1, 0.15) is 16.8 Å². The van der Waals surface area contributed by atoms with Gasteiger partial charge >= 0.3 is 0 Å². The lowest BCUT2D eigenvalue weighted by Gasteiger charge is -2.11. The molecule has 0 saturated heterocycles. The van der Waals surface area contributed by atoms with Gasteiger partial charge in [-0.05, 0) is 38.0 Å². The molecule has 2 heteroatoms. The average Bonchev–Trinajstić information content (AvgIpc) is 2.85. The molecule has 1 heterocycles. The standard InChI is InChI=1S/C18H18N2/c1-13-8-7-11-17(14(13)2)20-12-19-18(15(20)3)16-9-5-4-6-10-16/h4-12H,1-3H3. The van der Waals surface area contributed by atoms with Crippen LogP contribution in [0.15, 0.2) is 54.9 Å². The van der Waals surface area contributed by atoms with E-state index in [2.05, 4.69) is 60.7 Å². The monoisotopic (exact) mass is 262 g/mol. The molecule has 0 aliphatic rings. The molecule has 3 aromatic rings. The first-order valence-electron chi connectivity index (χ1n) is 6.84. The topological polar surface area (TPSA) is 17.8 Å². The van der Waals surface area contributed by atoms with Crippen molar-refractivity contribution in [3.05, 3.63) is 71.7 Å². The number of nitrogens with zero attached hydrogens (tertiary/aromatic N) is 2. The number of benzene rings is 2. The van der Waals surface area contributed by atoms with Crippen LogP contribution in [0.5, 0.6) is 0 Å². The van der Waals surface area contributed by atoms with Gasteiger partial charge in [0.25, 0.3) is 0 Å². The van der Waals surface area contributed by atoms with Gasteiger partial charge in [0.05, 0.1) is 5.69 Å². The highest BCUT2D eigenvalue weighted by atomic mass is 15.1. The highest BCUT2D eigenvalue weighted by Gasteiger charge is 2.11. The highest BCUT2D eigenvalue weighted by Crippen LogP contribution is 2.25. The van der Waals surface area contributed by atoms with Crippen LogP contribution in [-0.4, -0.2) is 9.55 Å². The molecule has 0 amide bonds. The highest BCUT2D eigenvalue weighted by molar-refractivity contribution is 5.63. The quantitative estimate of drug-likeness (QED) is 0.666. The maximum atomic E-state index is 4.60. The fraction of sp³-hybridized carbons (Fsp3) is 0.167. The average molecular weight is 262 g/mol. The van der Waals surface area contributed by atoms with Crippen LogP contribution in [-0.2, 0) is 0 Å². The van der Waals surface area contributed by atoms with E-state index in [0.717, 1.165) is 11.3 Å². The van der Waals surface area contributed by atoms with E-state index in [0.29, 0.717) is 0 Å². The second kappa shape index (κ2) is 4.97. The first-order valence-corrected chi connectivity index (χ1v) is 6.84. The molecule has 0 unspecified atom stereocenters. The van der Waals surface area contributed by atoms with Crippen LogP contribution in [0.4, 0.5) is 0 Å². The van der Waals surface area contributed by atoms with Gasteiger partial charge < -0.3 is 4.57 Å². The number of aryl methyl sites for hydroxylation is 1. The molecule has 0 radical (unpaired) electrons. The van der Waals surface area contributed by atoms with Crippen molar-refractivity contribution >= 4 is 0 Å². The van der Waals surface area contributed by atoms with E-state index in [1.165, 1.54) is 22.5 Å². The summed E-state index contributed by atoms with van der Waals surface area (Å²) in [6.45, 7) is 6.42. The Morgan fingerprint density at radius 3 is 2.35 bits per heavy atom. The zero-order chi connectivity index (χ0) is 14.1. The third-order valence-corrected chi connectivity index (χ3v) is 3.89. The minimum Gasteiger partial charge on any atom is -0.303 e. The predicted molar refractivity (Wildman–Crippen MR) is 83.2 cm³/mol. The van der Waals surface area contributed by atoms with Crippen LogP contribution < -0.4 is 0 Å². The summed E-state index contributed by atoms with van der Waals surface area (Å²) in [6, 6.07) is 16.7. The molecule has 0 aliphatic heterocycles. The van der Waals surface area contributed by atoms with Crippen LogP contribution in [0.3, 0.4) is 0 Å². The molecule has 0 fully saturated rings. The largest absolute Gasteiger partial charge is 0.303 e. The summed E-state index contributed by atoms with van der Waals surface area (Å²) in [5.74, 6) is 0.